The van der Waals surface area contributed by atoms with Crippen molar-refractivity contribution in [3.63, 3.8) is 0 Å². The van der Waals surface area contributed by atoms with Gasteiger partial charge >= 0.3 is 0 Å². The molecule has 2 rings (SSSR count). The van der Waals surface area contributed by atoms with Crippen molar-refractivity contribution < 1.29 is 4.74 Å². The summed E-state index contributed by atoms with van der Waals surface area (Å²) in [4.78, 5) is 2.11. The largest absolute Gasteiger partial charge is 0.492 e. The normalized spacial score (nSPS) is 22.7. The van der Waals surface area contributed by atoms with Crippen LogP contribution in [0.4, 0.5) is 5.69 Å². The maximum Gasteiger partial charge on any atom is 0.119 e. The van der Waals surface area contributed by atoms with E-state index in [1.165, 1.54) is 0 Å². The standard InChI is InChI=1S/C14H23N3O/c1-17(2)7-8-18-14-5-3-12(4-6-14)16-13-9-11(15)10-13/h3-6,11,13,16H,7-10,15H2,1-2H3. The van der Waals surface area contributed by atoms with E-state index in [1.54, 1.807) is 0 Å². The number of nitrogens with two attached hydrogens (primary N) is 1. The number of hydrogen-bond acceptors (Lipinski definition) is 4. The van der Waals surface area contributed by atoms with Crippen molar-refractivity contribution in [2.45, 2.75) is 24.9 Å². The number of nitrogens with zero attached hydrogens (tertiary/aromatic N) is 1. The van der Waals surface area contributed by atoms with Gasteiger partial charge < -0.3 is 20.7 Å². The van der Waals surface area contributed by atoms with E-state index in [1.807, 2.05) is 26.2 Å². The van der Waals surface area contributed by atoms with Crippen LogP contribution in [0.5, 0.6) is 5.75 Å². The molecule has 4 heteroatoms. The van der Waals surface area contributed by atoms with Crippen LogP contribution in [0, 0.1) is 0 Å². The van der Waals surface area contributed by atoms with Gasteiger partial charge in [0, 0.05) is 24.3 Å². The fraction of sp³-hybridized carbons (Fsp3) is 0.571. The number of ether oxygens (including phenoxy) is 1. The molecular formula is C14H23N3O. The Balaban J connectivity index is 1.75. The maximum atomic E-state index is 5.76. The van der Waals surface area contributed by atoms with Crippen molar-refractivity contribution >= 4 is 5.69 Å². The highest BCUT2D eigenvalue weighted by molar-refractivity contribution is 5.47. The smallest absolute Gasteiger partial charge is 0.119 e. The van der Waals surface area contributed by atoms with Crippen LogP contribution in [0.1, 0.15) is 12.8 Å². The van der Waals surface area contributed by atoms with Crippen LogP contribution in [0.2, 0.25) is 0 Å². The number of benzene rings is 1. The van der Waals surface area contributed by atoms with Crippen LogP contribution in [0.15, 0.2) is 24.3 Å². The molecule has 0 aromatic heterocycles. The molecule has 4 nitrogen and oxygen atoms in total. The predicted octanol–water partition coefficient (Wildman–Crippen LogP) is 1.53. The van der Waals surface area contributed by atoms with Gasteiger partial charge in [-0.1, -0.05) is 0 Å². The number of nitrogens with one attached hydrogen (secondary N) is 1. The van der Waals surface area contributed by atoms with Crippen molar-refractivity contribution in [3.05, 3.63) is 24.3 Å². The molecule has 0 spiro atoms. The average molecular weight is 249 g/mol. The number of anilines is 1. The first-order valence-corrected chi connectivity index (χ1v) is 6.53. The Labute approximate surface area is 109 Å². The van der Waals surface area contributed by atoms with Gasteiger partial charge in [-0.15, -0.1) is 0 Å². The molecule has 0 heterocycles. The van der Waals surface area contributed by atoms with E-state index < -0.39 is 0 Å². The van der Waals surface area contributed by atoms with Gasteiger partial charge in [-0.25, -0.2) is 0 Å². The van der Waals surface area contributed by atoms with Gasteiger partial charge in [0.1, 0.15) is 12.4 Å². The number of likely N-dealkylation sites (N-methyl/N-ethyl adjacent to an activating group) is 1. The van der Waals surface area contributed by atoms with Gasteiger partial charge in [-0.05, 0) is 51.2 Å². The second-order valence-corrected chi connectivity index (χ2v) is 5.25. The Morgan fingerprint density at radius 1 is 1.28 bits per heavy atom. The third kappa shape index (κ3) is 3.89. The molecule has 1 fully saturated rings. The quantitative estimate of drug-likeness (QED) is 0.803. The molecule has 100 valence electrons. The summed E-state index contributed by atoms with van der Waals surface area (Å²) in [5.74, 6) is 0.924. The third-order valence-electron chi connectivity index (χ3n) is 3.21. The van der Waals surface area contributed by atoms with Crippen LogP contribution >= 0.6 is 0 Å². The molecular weight excluding hydrogens is 226 g/mol. The lowest BCUT2D eigenvalue weighted by Crippen LogP contribution is -2.44. The fourth-order valence-electron chi connectivity index (χ4n) is 2.01. The van der Waals surface area contributed by atoms with Gasteiger partial charge in [0.15, 0.2) is 0 Å². The zero-order chi connectivity index (χ0) is 13.0. The van der Waals surface area contributed by atoms with E-state index in [0.717, 1.165) is 37.4 Å². The molecule has 1 aliphatic rings. The summed E-state index contributed by atoms with van der Waals surface area (Å²) in [6.07, 6.45) is 2.14. The van der Waals surface area contributed by atoms with Crippen molar-refractivity contribution in [2.75, 3.05) is 32.6 Å². The minimum absolute atomic E-state index is 0.385. The number of rotatable bonds is 6. The summed E-state index contributed by atoms with van der Waals surface area (Å²) in [6.45, 7) is 1.65. The Bertz CT molecular complexity index is 358. The zero-order valence-corrected chi connectivity index (χ0v) is 11.2. The second-order valence-electron chi connectivity index (χ2n) is 5.25. The molecule has 1 aromatic rings. The maximum absolute atomic E-state index is 5.76. The molecule has 18 heavy (non-hydrogen) atoms. The van der Waals surface area contributed by atoms with E-state index in [4.69, 9.17) is 10.5 Å². The minimum atomic E-state index is 0.385. The Morgan fingerprint density at radius 3 is 2.50 bits per heavy atom. The Hall–Kier alpha value is -1.26. The molecule has 0 radical (unpaired) electrons. The molecule has 0 aliphatic heterocycles. The fourth-order valence-corrected chi connectivity index (χ4v) is 2.01. The zero-order valence-electron chi connectivity index (χ0n) is 11.2. The molecule has 1 aliphatic carbocycles. The van der Waals surface area contributed by atoms with Gasteiger partial charge in [-0.3, -0.25) is 0 Å². The van der Waals surface area contributed by atoms with Gasteiger partial charge in [0.2, 0.25) is 0 Å². The minimum Gasteiger partial charge on any atom is -0.492 e. The van der Waals surface area contributed by atoms with Gasteiger partial charge in [-0.2, -0.15) is 0 Å². The van der Waals surface area contributed by atoms with E-state index in [-0.39, 0.29) is 0 Å². The van der Waals surface area contributed by atoms with Crippen LogP contribution in [0.25, 0.3) is 0 Å². The number of hydrogen-bond donors (Lipinski definition) is 2. The molecule has 0 amide bonds. The molecule has 0 atom stereocenters. The first kappa shape index (κ1) is 13.2. The van der Waals surface area contributed by atoms with Gasteiger partial charge in [0.05, 0.1) is 0 Å². The van der Waals surface area contributed by atoms with E-state index >= 15 is 0 Å². The first-order chi connectivity index (χ1) is 8.63. The first-order valence-electron chi connectivity index (χ1n) is 6.53. The molecule has 0 bridgehead atoms. The van der Waals surface area contributed by atoms with Crippen LogP contribution in [0.3, 0.4) is 0 Å². The third-order valence-corrected chi connectivity index (χ3v) is 3.21. The summed E-state index contributed by atoms with van der Waals surface area (Å²) < 4.78 is 5.64. The average Bonchev–Trinajstić information content (AvgIpc) is 2.29. The van der Waals surface area contributed by atoms with Crippen molar-refractivity contribution in [3.8, 4) is 5.75 Å². The highest BCUT2D eigenvalue weighted by atomic mass is 16.5. The molecule has 1 aromatic carbocycles. The Kier molecular flexibility index (Phi) is 4.44. The lowest BCUT2D eigenvalue weighted by atomic mass is 9.87. The summed E-state index contributed by atoms with van der Waals surface area (Å²) >= 11 is 0. The summed E-state index contributed by atoms with van der Waals surface area (Å²) in [5, 5.41) is 3.47. The SMILES string of the molecule is CN(C)CCOc1ccc(NC2CC(N)C2)cc1. The van der Waals surface area contributed by atoms with Crippen molar-refractivity contribution in [1.82, 2.24) is 4.90 Å². The van der Waals surface area contributed by atoms with Crippen molar-refractivity contribution in [2.24, 2.45) is 5.73 Å². The molecule has 3 N–H and O–H groups in total. The van der Waals surface area contributed by atoms with E-state index in [2.05, 4.69) is 22.3 Å². The highest BCUT2D eigenvalue weighted by Crippen LogP contribution is 2.23. The summed E-state index contributed by atoms with van der Waals surface area (Å²) in [5.41, 5.74) is 6.91. The predicted molar refractivity (Wildman–Crippen MR) is 75.1 cm³/mol. The Morgan fingerprint density at radius 2 is 1.94 bits per heavy atom. The summed E-state index contributed by atoms with van der Waals surface area (Å²) in [7, 11) is 4.08. The van der Waals surface area contributed by atoms with Crippen LogP contribution < -0.4 is 15.8 Å². The topological polar surface area (TPSA) is 50.5 Å². The van der Waals surface area contributed by atoms with Gasteiger partial charge in [0.25, 0.3) is 0 Å². The van der Waals surface area contributed by atoms with Crippen LogP contribution in [-0.4, -0.2) is 44.2 Å². The molecule has 0 saturated heterocycles. The molecule has 1 saturated carbocycles. The second kappa shape index (κ2) is 6.07. The van der Waals surface area contributed by atoms with E-state index in [0.29, 0.717) is 12.1 Å². The van der Waals surface area contributed by atoms with Crippen LogP contribution in [-0.2, 0) is 0 Å². The van der Waals surface area contributed by atoms with Crippen molar-refractivity contribution in [1.29, 1.82) is 0 Å². The molecule has 0 unspecified atom stereocenters. The monoisotopic (exact) mass is 249 g/mol. The highest BCUT2D eigenvalue weighted by Gasteiger charge is 2.25. The lowest BCUT2D eigenvalue weighted by molar-refractivity contribution is 0.261. The summed E-state index contributed by atoms with van der Waals surface area (Å²) in [6, 6.07) is 9.08. The van der Waals surface area contributed by atoms with E-state index in [9.17, 15) is 0 Å². The lowest BCUT2D eigenvalue weighted by Gasteiger charge is -2.33.